The second-order valence-corrected chi connectivity index (χ2v) is 2.98. The molecule has 5 heteroatoms. The lowest BCUT2D eigenvalue weighted by atomic mass is 10.1. The van der Waals surface area contributed by atoms with E-state index in [9.17, 15) is 13.6 Å². The maximum absolute atomic E-state index is 12.8. The Morgan fingerprint density at radius 2 is 1.93 bits per heavy atom. The van der Waals surface area contributed by atoms with E-state index in [-0.39, 0.29) is 6.54 Å². The van der Waals surface area contributed by atoms with Crippen molar-refractivity contribution in [3.05, 3.63) is 35.4 Å². The molecule has 74 valence electrons. The molecular formula is C9H7F2NO2. The van der Waals surface area contributed by atoms with Crippen LogP contribution in [-0.2, 0) is 4.74 Å². The van der Waals surface area contributed by atoms with Crippen LogP contribution in [0.25, 0.3) is 0 Å². The molecule has 1 aromatic carbocycles. The third-order valence-corrected chi connectivity index (χ3v) is 1.94. The Kier molecular flexibility index (Phi) is 2.07. The molecule has 1 aliphatic heterocycles. The predicted octanol–water partition coefficient (Wildman–Crippen LogP) is 1.75. The Morgan fingerprint density at radius 3 is 2.43 bits per heavy atom. The van der Waals surface area contributed by atoms with Crippen LogP contribution in [-0.4, -0.2) is 12.6 Å². The molecule has 2 rings (SSSR count). The minimum atomic E-state index is -0.678. The molecule has 0 aromatic heterocycles. The predicted molar refractivity (Wildman–Crippen MR) is 43.6 cm³/mol. The molecule has 0 spiro atoms. The summed E-state index contributed by atoms with van der Waals surface area (Å²) in [5, 5.41) is 2.40. The van der Waals surface area contributed by atoms with Gasteiger partial charge >= 0.3 is 6.09 Å². The van der Waals surface area contributed by atoms with Crippen LogP contribution in [0.3, 0.4) is 0 Å². The van der Waals surface area contributed by atoms with E-state index < -0.39 is 23.8 Å². The Labute approximate surface area is 78.7 Å². The highest BCUT2D eigenvalue weighted by Crippen LogP contribution is 2.22. The summed E-state index contributed by atoms with van der Waals surface area (Å²) in [6.07, 6.45) is -1.17. The average molecular weight is 199 g/mol. The summed E-state index contributed by atoms with van der Waals surface area (Å²) in [6, 6.07) is 3.07. The molecule has 0 aliphatic carbocycles. The summed E-state index contributed by atoms with van der Waals surface area (Å²) in [6.45, 7) is 0.238. The second-order valence-electron chi connectivity index (χ2n) is 2.98. The van der Waals surface area contributed by atoms with Gasteiger partial charge < -0.3 is 10.1 Å². The minimum absolute atomic E-state index is 0.238. The molecule has 0 bridgehead atoms. The zero-order valence-electron chi connectivity index (χ0n) is 7.09. The molecule has 1 aliphatic rings. The molecule has 3 nitrogen and oxygen atoms in total. The molecule has 1 atom stereocenters. The second kappa shape index (κ2) is 3.25. The van der Waals surface area contributed by atoms with Crippen LogP contribution in [0.4, 0.5) is 13.6 Å². The number of cyclic esters (lactones) is 1. The van der Waals surface area contributed by atoms with Crippen molar-refractivity contribution in [2.24, 2.45) is 0 Å². The molecule has 1 amide bonds. The van der Waals surface area contributed by atoms with E-state index in [1.807, 2.05) is 0 Å². The number of carbonyl (C=O) groups is 1. The fraction of sp³-hybridized carbons (Fsp3) is 0.222. The van der Waals surface area contributed by atoms with Gasteiger partial charge in [0, 0.05) is 11.6 Å². The minimum Gasteiger partial charge on any atom is -0.439 e. The first-order valence-corrected chi connectivity index (χ1v) is 4.05. The fourth-order valence-corrected chi connectivity index (χ4v) is 1.34. The SMILES string of the molecule is O=C1NC[C@@H](c2cc(F)cc(F)c2)O1. The lowest BCUT2D eigenvalue weighted by molar-refractivity contribution is 0.140. The first-order chi connectivity index (χ1) is 6.65. The van der Waals surface area contributed by atoms with Gasteiger partial charge in [0.2, 0.25) is 0 Å². The van der Waals surface area contributed by atoms with Gasteiger partial charge in [-0.15, -0.1) is 0 Å². The topological polar surface area (TPSA) is 38.3 Å². The zero-order valence-corrected chi connectivity index (χ0v) is 7.09. The monoisotopic (exact) mass is 199 g/mol. The number of hydrogen-bond acceptors (Lipinski definition) is 2. The van der Waals surface area contributed by atoms with Gasteiger partial charge in [0.1, 0.15) is 17.7 Å². The highest BCUT2D eigenvalue weighted by atomic mass is 19.1. The van der Waals surface area contributed by atoms with Crippen molar-refractivity contribution < 1.29 is 18.3 Å². The van der Waals surface area contributed by atoms with E-state index >= 15 is 0 Å². The summed E-state index contributed by atoms with van der Waals surface area (Å²) in [5.74, 6) is -1.36. The molecule has 1 aromatic rings. The highest BCUT2D eigenvalue weighted by Gasteiger charge is 2.24. The van der Waals surface area contributed by atoms with Crippen molar-refractivity contribution in [3.63, 3.8) is 0 Å². The Balaban J connectivity index is 2.27. The molecule has 0 radical (unpaired) electrons. The number of amides is 1. The fourth-order valence-electron chi connectivity index (χ4n) is 1.34. The number of alkyl carbamates (subject to hydrolysis) is 1. The Hall–Kier alpha value is -1.65. The van der Waals surface area contributed by atoms with Gasteiger partial charge in [-0.2, -0.15) is 0 Å². The van der Waals surface area contributed by atoms with E-state index in [1.54, 1.807) is 0 Å². The van der Waals surface area contributed by atoms with E-state index in [0.29, 0.717) is 5.56 Å². The van der Waals surface area contributed by atoms with Crippen LogP contribution in [0.1, 0.15) is 11.7 Å². The van der Waals surface area contributed by atoms with Crippen molar-refractivity contribution in [1.82, 2.24) is 5.32 Å². The third kappa shape index (κ3) is 1.66. The molecule has 1 N–H and O–H groups in total. The molecule has 14 heavy (non-hydrogen) atoms. The summed E-state index contributed by atoms with van der Waals surface area (Å²) in [7, 11) is 0. The largest absolute Gasteiger partial charge is 0.439 e. The van der Waals surface area contributed by atoms with Crippen LogP contribution in [0.15, 0.2) is 18.2 Å². The molecule has 1 heterocycles. The maximum atomic E-state index is 12.8. The van der Waals surface area contributed by atoms with Crippen molar-refractivity contribution in [2.75, 3.05) is 6.54 Å². The van der Waals surface area contributed by atoms with Crippen LogP contribution >= 0.6 is 0 Å². The Bertz CT molecular complexity index is 361. The van der Waals surface area contributed by atoms with Crippen LogP contribution in [0.5, 0.6) is 0 Å². The molecule has 0 saturated carbocycles. The zero-order chi connectivity index (χ0) is 10.1. The normalized spacial score (nSPS) is 20.4. The maximum Gasteiger partial charge on any atom is 0.407 e. The lowest BCUT2D eigenvalue weighted by Crippen LogP contribution is -2.12. The van der Waals surface area contributed by atoms with E-state index in [4.69, 9.17) is 4.74 Å². The molecule has 1 saturated heterocycles. The van der Waals surface area contributed by atoms with Crippen molar-refractivity contribution >= 4 is 6.09 Å². The van der Waals surface area contributed by atoms with Gasteiger partial charge in [0.15, 0.2) is 0 Å². The van der Waals surface area contributed by atoms with Crippen LogP contribution < -0.4 is 5.32 Å². The summed E-state index contributed by atoms with van der Waals surface area (Å²) >= 11 is 0. The number of ether oxygens (including phenoxy) is 1. The van der Waals surface area contributed by atoms with Gasteiger partial charge in [-0.05, 0) is 12.1 Å². The standard InChI is InChI=1S/C9H7F2NO2/c10-6-1-5(2-7(11)3-6)8-4-12-9(13)14-8/h1-3,8H,4H2,(H,12,13)/t8-/m0/s1. The van der Waals surface area contributed by atoms with E-state index in [0.717, 1.165) is 18.2 Å². The van der Waals surface area contributed by atoms with Gasteiger partial charge in [0.25, 0.3) is 0 Å². The van der Waals surface area contributed by atoms with Crippen LogP contribution in [0, 0.1) is 11.6 Å². The van der Waals surface area contributed by atoms with Crippen molar-refractivity contribution in [2.45, 2.75) is 6.10 Å². The van der Waals surface area contributed by atoms with E-state index in [1.165, 1.54) is 0 Å². The summed E-state index contributed by atoms with van der Waals surface area (Å²) in [4.78, 5) is 10.7. The van der Waals surface area contributed by atoms with Gasteiger partial charge in [-0.1, -0.05) is 0 Å². The number of hydrogen-bond donors (Lipinski definition) is 1. The third-order valence-electron chi connectivity index (χ3n) is 1.94. The number of benzene rings is 1. The number of rotatable bonds is 1. The lowest BCUT2D eigenvalue weighted by Gasteiger charge is -2.07. The Morgan fingerprint density at radius 1 is 1.29 bits per heavy atom. The van der Waals surface area contributed by atoms with Gasteiger partial charge in [-0.3, -0.25) is 0 Å². The van der Waals surface area contributed by atoms with Crippen molar-refractivity contribution in [1.29, 1.82) is 0 Å². The smallest absolute Gasteiger partial charge is 0.407 e. The molecule has 0 unspecified atom stereocenters. The summed E-state index contributed by atoms with van der Waals surface area (Å²) < 4.78 is 30.3. The van der Waals surface area contributed by atoms with Crippen LogP contribution in [0.2, 0.25) is 0 Å². The van der Waals surface area contributed by atoms with E-state index in [2.05, 4.69) is 5.32 Å². The number of halogens is 2. The highest BCUT2D eigenvalue weighted by molar-refractivity contribution is 5.69. The van der Waals surface area contributed by atoms with Crippen molar-refractivity contribution in [3.8, 4) is 0 Å². The summed E-state index contributed by atoms with van der Waals surface area (Å²) in [5.41, 5.74) is 0.320. The average Bonchev–Trinajstić information content (AvgIpc) is 2.50. The first kappa shape index (κ1) is 8.93. The number of carbonyl (C=O) groups excluding carboxylic acids is 1. The number of nitrogens with one attached hydrogen (secondary N) is 1. The quantitative estimate of drug-likeness (QED) is 0.748. The molecular weight excluding hydrogens is 192 g/mol. The molecule has 1 fully saturated rings. The van der Waals surface area contributed by atoms with Gasteiger partial charge in [-0.25, -0.2) is 13.6 Å². The first-order valence-electron chi connectivity index (χ1n) is 4.05. The van der Waals surface area contributed by atoms with Gasteiger partial charge in [0.05, 0.1) is 6.54 Å².